The third-order valence-electron chi connectivity index (χ3n) is 7.83. The Balaban J connectivity index is 1.76. The van der Waals surface area contributed by atoms with Crippen LogP contribution in [0.3, 0.4) is 0 Å². The highest BCUT2D eigenvalue weighted by molar-refractivity contribution is 6.30. The van der Waals surface area contributed by atoms with Gasteiger partial charge in [-0.25, -0.2) is 0 Å². The Kier molecular flexibility index (Phi) is 3.47. The number of furan rings is 1. The lowest BCUT2D eigenvalue weighted by Crippen LogP contribution is -2.15. The molecule has 0 unspecified atom stereocenters. The van der Waals surface area contributed by atoms with Crippen LogP contribution in [0.1, 0.15) is 25.0 Å². The van der Waals surface area contributed by atoms with Crippen LogP contribution < -0.4 is 0 Å². The van der Waals surface area contributed by atoms with E-state index in [-0.39, 0.29) is 5.41 Å². The lowest BCUT2D eigenvalue weighted by molar-refractivity contribution is 0.658. The number of aromatic nitrogens is 2. The Bertz CT molecular complexity index is 1970. The van der Waals surface area contributed by atoms with Crippen LogP contribution in [-0.4, -0.2) is 9.55 Å². The molecule has 3 nitrogen and oxygen atoms in total. The van der Waals surface area contributed by atoms with Gasteiger partial charge >= 0.3 is 0 Å². The van der Waals surface area contributed by atoms with E-state index in [0.29, 0.717) is 0 Å². The molecule has 7 aromatic rings. The van der Waals surface area contributed by atoms with Gasteiger partial charge in [0.25, 0.3) is 0 Å². The maximum Gasteiger partial charge on any atom is 0.145 e. The Labute approximate surface area is 202 Å². The molecule has 0 amide bonds. The van der Waals surface area contributed by atoms with E-state index in [1.54, 1.807) is 0 Å². The number of para-hydroxylation sites is 2. The van der Waals surface area contributed by atoms with Crippen molar-refractivity contribution in [2.45, 2.75) is 19.3 Å². The van der Waals surface area contributed by atoms with E-state index in [0.717, 1.165) is 22.2 Å². The van der Waals surface area contributed by atoms with Crippen LogP contribution in [0.25, 0.3) is 60.6 Å². The van der Waals surface area contributed by atoms with Crippen LogP contribution in [-0.2, 0) is 5.41 Å². The molecule has 4 aromatic carbocycles. The lowest BCUT2D eigenvalue weighted by Gasteiger charge is -2.23. The fourth-order valence-corrected chi connectivity index (χ4v) is 6.44. The van der Waals surface area contributed by atoms with Gasteiger partial charge in [-0.2, -0.15) is 0 Å². The Morgan fingerprint density at radius 1 is 0.771 bits per heavy atom. The van der Waals surface area contributed by atoms with Crippen LogP contribution in [0.4, 0.5) is 0 Å². The Morgan fingerprint density at radius 3 is 2.40 bits per heavy atom. The first-order valence-corrected chi connectivity index (χ1v) is 12.1. The summed E-state index contributed by atoms with van der Waals surface area (Å²) in [6, 6.07) is 30.1. The van der Waals surface area contributed by atoms with Crippen LogP contribution in [0, 0.1) is 0 Å². The van der Waals surface area contributed by atoms with Crippen molar-refractivity contribution in [1.29, 1.82) is 0 Å². The summed E-state index contributed by atoms with van der Waals surface area (Å²) in [6.45, 7) is 4.70. The van der Waals surface area contributed by atoms with Crippen LogP contribution in [0.2, 0.25) is 0 Å². The highest BCUT2D eigenvalue weighted by Gasteiger charge is 2.41. The summed E-state index contributed by atoms with van der Waals surface area (Å²) in [4.78, 5) is 4.47. The van der Waals surface area contributed by atoms with Gasteiger partial charge in [-0.1, -0.05) is 74.5 Å². The molecule has 3 heterocycles. The summed E-state index contributed by atoms with van der Waals surface area (Å²) >= 11 is 0. The minimum absolute atomic E-state index is 0.165. The molecule has 3 aromatic heterocycles. The molecular weight excluding hydrogens is 428 g/mol. The lowest BCUT2D eigenvalue weighted by atomic mass is 9.80. The van der Waals surface area contributed by atoms with Crippen LogP contribution in [0.5, 0.6) is 0 Å². The van der Waals surface area contributed by atoms with E-state index in [1.165, 1.54) is 49.4 Å². The molecule has 0 aliphatic heterocycles. The first kappa shape index (κ1) is 19.0. The maximum atomic E-state index is 6.71. The molecule has 3 heteroatoms. The van der Waals surface area contributed by atoms with E-state index in [4.69, 9.17) is 4.42 Å². The molecule has 0 N–H and O–H groups in total. The zero-order valence-corrected chi connectivity index (χ0v) is 19.5. The average molecular weight is 451 g/mol. The van der Waals surface area contributed by atoms with Gasteiger partial charge in [-0.3, -0.25) is 4.98 Å². The highest BCUT2D eigenvalue weighted by atomic mass is 16.3. The van der Waals surface area contributed by atoms with Gasteiger partial charge in [-0.05, 0) is 41.0 Å². The van der Waals surface area contributed by atoms with Crippen molar-refractivity contribution < 1.29 is 4.42 Å². The maximum absolute atomic E-state index is 6.71. The molecular formula is C32H22N2O. The van der Waals surface area contributed by atoms with E-state index in [2.05, 4.69) is 102 Å². The molecule has 0 fully saturated rings. The smallest absolute Gasteiger partial charge is 0.145 e. The molecule has 35 heavy (non-hydrogen) atoms. The van der Waals surface area contributed by atoms with Gasteiger partial charge in [0.2, 0.25) is 0 Å². The van der Waals surface area contributed by atoms with Crippen molar-refractivity contribution in [3.63, 3.8) is 0 Å². The molecule has 8 rings (SSSR count). The zero-order valence-electron chi connectivity index (χ0n) is 19.5. The monoisotopic (exact) mass is 450 g/mol. The number of nitrogens with zero attached hydrogens (tertiary/aromatic N) is 2. The van der Waals surface area contributed by atoms with Gasteiger partial charge in [0.05, 0.1) is 28.3 Å². The number of benzene rings is 4. The molecule has 0 saturated carbocycles. The predicted octanol–water partition coefficient (Wildman–Crippen LogP) is 8.38. The number of hydrogen-bond donors (Lipinski definition) is 0. The third-order valence-corrected chi connectivity index (χ3v) is 7.83. The fraction of sp³-hybridized carbons (Fsp3) is 0.0938. The molecule has 0 bridgehead atoms. The normalized spacial score (nSPS) is 14.2. The largest absolute Gasteiger partial charge is 0.455 e. The number of hydrogen-bond acceptors (Lipinski definition) is 2. The van der Waals surface area contributed by atoms with Gasteiger partial charge in [-0.15, -0.1) is 0 Å². The molecule has 0 spiro atoms. The zero-order chi connectivity index (χ0) is 23.3. The second-order valence-electron chi connectivity index (χ2n) is 10.0. The van der Waals surface area contributed by atoms with Crippen molar-refractivity contribution in [2.75, 3.05) is 0 Å². The minimum atomic E-state index is -0.165. The van der Waals surface area contributed by atoms with Crippen molar-refractivity contribution in [1.82, 2.24) is 9.55 Å². The van der Waals surface area contributed by atoms with Crippen molar-refractivity contribution >= 4 is 43.7 Å². The summed E-state index contributed by atoms with van der Waals surface area (Å²) in [5.41, 5.74) is 10.4. The van der Waals surface area contributed by atoms with Gasteiger partial charge in [0, 0.05) is 33.3 Å². The second kappa shape index (κ2) is 6.39. The van der Waals surface area contributed by atoms with E-state index in [1.807, 2.05) is 18.5 Å². The first-order valence-electron chi connectivity index (χ1n) is 12.1. The molecule has 0 saturated heterocycles. The van der Waals surface area contributed by atoms with Crippen molar-refractivity contribution in [3.8, 4) is 16.8 Å². The van der Waals surface area contributed by atoms with Gasteiger partial charge in [0.1, 0.15) is 11.2 Å². The van der Waals surface area contributed by atoms with Gasteiger partial charge in [0.15, 0.2) is 0 Å². The standard InChI is InChI=1S/C32H22N2O/c1-32(2)23-14-6-3-11-20(23)27-29(32)26-21-12-4-7-15-24(21)34(19-10-9-17-33-18-19)30(26)28-22-13-5-8-16-25(22)35-31(27)28/h3-18H,1-2H3. The molecule has 1 aliphatic carbocycles. The molecule has 1 aliphatic rings. The summed E-state index contributed by atoms with van der Waals surface area (Å²) in [5, 5.41) is 4.88. The van der Waals surface area contributed by atoms with E-state index < -0.39 is 0 Å². The average Bonchev–Trinajstić information content (AvgIpc) is 3.51. The number of rotatable bonds is 1. The van der Waals surface area contributed by atoms with Crippen LogP contribution in [0.15, 0.2) is 102 Å². The Hall–Kier alpha value is -4.37. The second-order valence-corrected chi connectivity index (χ2v) is 10.0. The molecule has 0 radical (unpaired) electrons. The van der Waals surface area contributed by atoms with Gasteiger partial charge < -0.3 is 8.98 Å². The molecule has 0 atom stereocenters. The van der Waals surface area contributed by atoms with E-state index >= 15 is 0 Å². The summed E-state index contributed by atoms with van der Waals surface area (Å²) < 4.78 is 9.09. The summed E-state index contributed by atoms with van der Waals surface area (Å²) in [5.74, 6) is 0. The molecule has 166 valence electrons. The van der Waals surface area contributed by atoms with Crippen molar-refractivity contribution in [3.05, 3.63) is 108 Å². The summed E-state index contributed by atoms with van der Waals surface area (Å²) in [7, 11) is 0. The fourth-order valence-electron chi connectivity index (χ4n) is 6.44. The summed E-state index contributed by atoms with van der Waals surface area (Å²) in [6.07, 6.45) is 3.78. The topological polar surface area (TPSA) is 31.0 Å². The quantitative estimate of drug-likeness (QED) is 0.251. The first-order chi connectivity index (χ1) is 17.2. The van der Waals surface area contributed by atoms with Crippen LogP contribution >= 0.6 is 0 Å². The number of fused-ring (bicyclic) bond motifs is 12. The predicted molar refractivity (Wildman–Crippen MR) is 143 cm³/mol. The van der Waals surface area contributed by atoms with Crippen molar-refractivity contribution in [2.24, 2.45) is 0 Å². The highest BCUT2D eigenvalue weighted by Crippen LogP contribution is 2.57. The Morgan fingerprint density at radius 2 is 1.54 bits per heavy atom. The number of pyridine rings is 1. The minimum Gasteiger partial charge on any atom is -0.455 e. The SMILES string of the molecule is CC1(C)c2ccccc2-c2c1c1c3ccccc3n(-c3cccnc3)c1c1c2oc2ccccc21. The third kappa shape index (κ3) is 2.23. The van der Waals surface area contributed by atoms with E-state index in [9.17, 15) is 0 Å².